The second-order valence-corrected chi connectivity index (χ2v) is 7.12. The molecule has 2 aromatic carbocycles. The highest BCUT2D eigenvalue weighted by Gasteiger charge is 2.24. The number of aromatic nitrogens is 1. The molecule has 2 N–H and O–H groups in total. The van der Waals surface area contributed by atoms with E-state index in [2.05, 4.69) is 15.2 Å². The molecular weight excluding hydrogens is 391 g/mol. The molecule has 1 amide bonds. The van der Waals surface area contributed by atoms with Gasteiger partial charge in [0.1, 0.15) is 5.82 Å². The summed E-state index contributed by atoms with van der Waals surface area (Å²) in [7, 11) is 0. The van der Waals surface area contributed by atoms with Gasteiger partial charge in [-0.25, -0.2) is 4.39 Å². The van der Waals surface area contributed by atoms with Gasteiger partial charge in [0.2, 0.25) is 0 Å². The summed E-state index contributed by atoms with van der Waals surface area (Å²) in [5.41, 5.74) is 1.66. The summed E-state index contributed by atoms with van der Waals surface area (Å²) < 4.78 is 19.2. The van der Waals surface area contributed by atoms with E-state index >= 15 is 0 Å². The van der Waals surface area contributed by atoms with Crippen molar-refractivity contribution in [3.63, 3.8) is 0 Å². The van der Waals surface area contributed by atoms with Crippen LogP contribution in [0.3, 0.4) is 0 Å². The van der Waals surface area contributed by atoms with Crippen molar-refractivity contribution in [3.05, 3.63) is 75.7 Å². The third-order valence-electron chi connectivity index (χ3n) is 5.30. The summed E-state index contributed by atoms with van der Waals surface area (Å²) in [4.78, 5) is 28.6. The molecular formula is C21H21FN4O4. The number of nitrogens with one attached hydrogen (secondary N) is 2. The Morgan fingerprint density at radius 1 is 1.27 bits per heavy atom. The van der Waals surface area contributed by atoms with Crippen LogP contribution in [0, 0.1) is 15.9 Å². The van der Waals surface area contributed by atoms with Crippen LogP contribution in [0.25, 0.3) is 10.9 Å². The predicted octanol–water partition coefficient (Wildman–Crippen LogP) is 3.02. The van der Waals surface area contributed by atoms with Gasteiger partial charge in [-0.3, -0.25) is 19.8 Å². The van der Waals surface area contributed by atoms with Crippen LogP contribution in [0.5, 0.6) is 0 Å². The van der Waals surface area contributed by atoms with E-state index in [0.29, 0.717) is 42.8 Å². The van der Waals surface area contributed by atoms with E-state index in [0.717, 1.165) is 5.56 Å². The molecule has 0 radical (unpaired) electrons. The van der Waals surface area contributed by atoms with E-state index in [9.17, 15) is 19.3 Å². The number of carbonyl (C=O) groups excluding carboxylic acids is 1. The first-order chi connectivity index (χ1) is 14.5. The lowest BCUT2D eigenvalue weighted by Gasteiger charge is -2.35. The van der Waals surface area contributed by atoms with Gasteiger partial charge < -0.3 is 15.0 Å². The van der Waals surface area contributed by atoms with Gasteiger partial charge >= 0.3 is 0 Å². The van der Waals surface area contributed by atoms with E-state index in [1.54, 1.807) is 12.1 Å². The number of amides is 1. The molecule has 1 aliphatic rings. The van der Waals surface area contributed by atoms with Crippen molar-refractivity contribution < 1.29 is 18.8 Å². The molecule has 1 saturated heterocycles. The highest BCUT2D eigenvalue weighted by atomic mass is 19.1. The Balaban J connectivity index is 1.56. The zero-order valence-corrected chi connectivity index (χ0v) is 16.1. The number of ether oxygens (including phenoxy) is 1. The SMILES string of the molecule is O=C(NCC(c1cccc(F)c1)N1CCOCC1)c1c[nH]c2ccc([N+](=O)[O-])cc12. The van der Waals surface area contributed by atoms with Crippen molar-refractivity contribution in [3.8, 4) is 0 Å². The second kappa shape index (κ2) is 8.60. The zero-order chi connectivity index (χ0) is 21.1. The summed E-state index contributed by atoms with van der Waals surface area (Å²) in [6, 6.07) is 10.5. The summed E-state index contributed by atoms with van der Waals surface area (Å²) in [6.45, 7) is 2.77. The van der Waals surface area contributed by atoms with Gasteiger partial charge in [-0.15, -0.1) is 0 Å². The van der Waals surface area contributed by atoms with Crippen LogP contribution in [0.4, 0.5) is 10.1 Å². The Hall–Kier alpha value is -3.30. The van der Waals surface area contributed by atoms with Crippen molar-refractivity contribution in [2.45, 2.75) is 6.04 Å². The molecule has 30 heavy (non-hydrogen) atoms. The lowest BCUT2D eigenvalue weighted by atomic mass is 10.0. The van der Waals surface area contributed by atoms with E-state index in [1.165, 1.54) is 30.5 Å². The number of aromatic amines is 1. The minimum absolute atomic E-state index is 0.0814. The first kappa shape index (κ1) is 20.0. The van der Waals surface area contributed by atoms with Crippen molar-refractivity contribution >= 4 is 22.5 Å². The van der Waals surface area contributed by atoms with E-state index < -0.39 is 4.92 Å². The van der Waals surface area contributed by atoms with Crippen molar-refractivity contribution in [1.29, 1.82) is 0 Å². The highest BCUT2D eigenvalue weighted by molar-refractivity contribution is 6.07. The van der Waals surface area contributed by atoms with E-state index in [-0.39, 0.29) is 30.0 Å². The van der Waals surface area contributed by atoms with Crippen LogP contribution in [0.2, 0.25) is 0 Å². The number of hydrogen-bond donors (Lipinski definition) is 2. The Labute approximate surface area is 171 Å². The molecule has 9 heteroatoms. The molecule has 1 aromatic heterocycles. The van der Waals surface area contributed by atoms with Crippen molar-refractivity contribution in [1.82, 2.24) is 15.2 Å². The molecule has 0 bridgehead atoms. The fraction of sp³-hybridized carbons (Fsp3) is 0.286. The van der Waals surface area contributed by atoms with Gasteiger partial charge in [-0.05, 0) is 23.8 Å². The van der Waals surface area contributed by atoms with E-state index in [1.807, 2.05) is 6.07 Å². The fourth-order valence-corrected chi connectivity index (χ4v) is 3.76. The van der Waals surface area contributed by atoms with Gasteiger partial charge in [0.25, 0.3) is 11.6 Å². The first-order valence-corrected chi connectivity index (χ1v) is 9.64. The molecule has 1 aliphatic heterocycles. The maximum Gasteiger partial charge on any atom is 0.270 e. The van der Waals surface area contributed by atoms with Crippen molar-refractivity contribution in [2.24, 2.45) is 0 Å². The van der Waals surface area contributed by atoms with Gasteiger partial charge in [-0.1, -0.05) is 12.1 Å². The number of nitrogens with zero attached hydrogens (tertiary/aromatic N) is 2. The number of nitro benzene ring substituents is 1. The van der Waals surface area contributed by atoms with Crippen LogP contribution in [-0.4, -0.2) is 53.6 Å². The minimum Gasteiger partial charge on any atom is -0.379 e. The van der Waals surface area contributed by atoms with E-state index in [4.69, 9.17) is 4.74 Å². The van der Waals surface area contributed by atoms with Gasteiger partial charge in [0, 0.05) is 48.9 Å². The molecule has 156 valence electrons. The number of benzene rings is 2. The number of fused-ring (bicyclic) bond motifs is 1. The molecule has 2 heterocycles. The van der Waals surface area contributed by atoms with Gasteiger partial charge in [-0.2, -0.15) is 0 Å². The topological polar surface area (TPSA) is 100 Å². The van der Waals surface area contributed by atoms with Gasteiger partial charge in [0.15, 0.2) is 0 Å². The molecule has 1 fully saturated rings. The summed E-state index contributed by atoms with van der Waals surface area (Å²) in [5.74, 6) is -0.683. The molecule has 1 unspecified atom stereocenters. The number of morpholine rings is 1. The molecule has 0 aliphatic carbocycles. The largest absolute Gasteiger partial charge is 0.379 e. The smallest absolute Gasteiger partial charge is 0.270 e. The van der Waals surface area contributed by atoms with Crippen molar-refractivity contribution in [2.75, 3.05) is 32.8 Å². The maximum atomic E-state index is 13.8. The first-order valence-electron chi connectivity index (χ1n) is 9.64. The average molecular weight is 412 g/mol. The highest BCUT2D eigenvalue weighted by Crippen LogP contribution is 2.25. The number of hydrogen-bond acceptors (Lipinski definition) is 5. The summed E-state index contributed by atoms with van der Waals surface area (Å²) >= 11 is 0. The normalized spacial score (nSPS) is 15.8. The van der Waals surface area contributed by atoms with Crippen LogP contribution < -0.4 is 5.32 Å². The Morgan fingerprint density at radius 3 is 2.80 bits per heavy atom. The Morgan fingerprint density at radius 2 is 2.07 bits per heavy atom. The number of nitro groups is 1. The number of rotatable bonds is 6. The summed E-state index contributed by atoms with van der Waals surface area (Å²) in [5, 5.41) is 14.5. The predicted molar refractivity (Wildman–Crippen MR) is 109 cm³/mol. The Kier molecular flexibility index (Phi) is 5.73. The molecule has 8 nitrogen and oxygen atoms in total. The third-order valence-corrected chi connectivity index (χ3v) is 5.30. The second-order valence-electron chi connectivity index (χ2n) is 7.12. The zero-order valence-electron chi connectivity index (χ0n) is 16.1. The number of H-pyrrole nitrogens is 1. The number of halogens is 1. The molecule has 1 atom stereocenters. The van der Waals surface area contributed by atoms with Crippen LogP contribution in [0.1, 0.15) is 22.0 Å². The molecule has 0 saturated carbocycles. The molecule has 3 aromatic rings. The lowest BCUT2D eigenvalue weighted by molar-refractivity contribution is -0.384. The number of non-ortho nitro benzene ring substituents is 1. The molecule has 0 spiro atoms. The van der Waals surface area contributed by atoms with Crippen LogP contribution in [0.15, 0.2) is 48.7 Å². The maximum absolute atomic E-state index is 13.8. The quantitative estimate of drug-likeness (QED) is 0.479. The summed E-state index contributed by atoms with van der Waals surface area (Å²) in [6.07, 6.45) is 1.54. The third kappa shape index (κ3) is 4.17. The lowest BCUT2D eigenvalue weighted by Crippen LogP contribution is -2.43. The Bertz CT molecular complexity index is 1080. The fourth-order valence-electron chi connectivity index (χ4n) is 3.76. The number of carbonyl (C=O) groups is 1. The standard InChI is InChI=1S/C21H21FN4O4/c22-15-3-1-2-14(10-15)20(25-6-8-30-9-7-25)13-24-21(27)18-12-23-19-5-4-16(26(28)29)11-17(18)19/h1-5,10-12,20,23H,6-9,13H2,(H,24,27). The molecule has 4 rings (SSSR count). The van der Waals surface area contributed by atoms with Crippen LogP contribution >= 0.6 is 0 Å². The average Bonchev–Trinajstić information content (AvgIpc) is 3.18. The monoisotopic (exact) mass is 412 g/mol. The van der Waals surface area contributed by atoms with Crippen LogP contribution in [-0.2, 0) is 4.74 Å². The van der Waals surface area contributed by atoms with Gasteiger partial charge in [0.05, 0.1) is 29.7 Å². The minimum atomic E-state index is -0.494.